The third-order valence-corrected chi connectivity index (χ3v) is 3.88. The average molecular weight is 262 g/mol. The summed E-state index contributed by atoms with van der Waals surface area (Å²) < 4.78 is 11.8. The van der Waals surface area contributed by atoms with Gasteiger partial charge in [-0.05, 0) is 39.8 Å². The highest BCUT2D eigenvalue weighted by Crippen LogP contribution is 2.36. The van der Waals surface area contributed by atoms with Gasteiger partial charge in [0.1, 0.15) is 0 Å². The second-order valence-corrected chi connectivity index (χ2v) is 5.80. The molecule has 1 aliphatic rings. The van der Waals surface area contributed by atoms with Crippen molar-refractivity contribution in [1.29, 1.82) is 0 Å². The zero-order valence-electron chi connectivity index (χ0n) is 11.7. The number of nitrogens with two attached hydrogens (primary N) is 2. The van der Waals surface area contributed by atoms with Crippen LogP contribution in [0.5, 0.6) is 0 Å². The second-order valence-electron chi connectivity index (χ2n) is 5.80. The highest BCUT2D eigenvalue weighted by atomic mass is 16.7. The molecule has 0 spiro atoms. The normalized spacial score (nSPS) is 20.5. The molecule has 1 amide bonds. The summed E-state index contributed by atoms with van der Waals surface area (Å²) in [6.45, 7) is 7.89. The maximum atomic E-state index is 11.1. The number of hydrogen-bond donors (Lipinski definition) is 2. The van der Waals surface area contributed by atoms with Gasteiger partial charge in [-0.1, -0.05) is 6.07 Å². The molecule has 0 radical (unpaired) electrons. The van der Waals surface area contributed by atoms with Crippen LogP contribution in [0.3, 0.4) is 0 Å². The SMILES string of the molecule is CC1(C)OB(c2ccc(C(N)=O)cc2N)OC1(C)C. The lowest BCUT2D eigenvalue weighted by atomic mass is 9.77. The van der Waals surface area contributed by atoms with Gasteiger partial charge in [0.15, 0.2) is 0 Å². The van der Waals surface area contributed by atoms with Crippen LogP contribution in [0.15, 0.2) is 18.2 Å². The average Bonchev–Trinajstić information content (AvgIpc) is 2.47. The fourth-order valence-corrected chi connectivity index (χ4v) is 1.91. The van der Waals surface area contributed by atoms with Crippen molar-refractivity contribution in [1.82, 2.24) is 0 Å². The first-order valence-corrected chi connectivity index (χ1v) is 6.19. The van der Waals surface area contributed by atoms with Gasteiger partial charge in [0.05, 0.1) is 11.2 Å². The Morgan fingerprint density at radius 2 is 1.68 bits per heavy atom. The molecular formula is C13H19BN2O3. The zero-order valence-corrected chi connectivity index (χ0v) is 11.7. The molecule has 0 atom stereocenters. The molecule has 19 heavy (non-hydrogen) atoms. The Balaban J connectivity index is 2.33. The Morgan fingerprint density at radius 3 is 2.11 bits per heavy atom. The number of rotatable bonds is 2. The van der Waals surface area contributed by atoms with Gasteiger partial charge in [0, 0.05) is 16.7 Å². The van der Waals surface area contributed by atoms with Crippen molar-refractivity contribution in [2.24, 2.45) is 5.73 Å². The summed E-state index contributed by atoms with van der Waals surface area (Å²) in [5.41, 5.74) is 11.8. The molecular weight excluding hydrogens is 243 g/mol. The molecule has 0 unspecified atom stereocenters. The number of amides is 1. The molecule has 2 rings (SSSR count). The van der Waals surface area contributed by atoms with Crippen LogP contribution in [0.1, 0.15) is 38.1 Å². The minimum absolute atomic E-state index is 0.373. The van der Waals surface area contributed by atoms with Gasteiger partial charge in [0.2, 0.25) is 5.91 Å². The van der Waals surface area contributed by atoms with E-state index >= 15 is 0 Å². The van der Waals surface area contributed by atoms with E-state index in [0.29, 0.717) is 16.7 Å². The van der Waals surface area contributed by atoms with Gasteiger partial charge in [-0.3, -0.25) is 4.79 Å². The van der Waals surface area contributed by atoms with Crippen LogP contribution in [0.4, 0.5) is 5.69 Å². The summed E-state index contributed by atoms with van der Waals surface area (Å²) in [7, 11) is -0.535. The molecule has 1 aliphatic heterocycles. The van der Waals surface area contributed by atoms with Crippen molar-refractivity contribution in [3.05, 3.63) is 23.8 Å². The highest BCUT2D eigenvalue weighted by molar-refractivity contribution is 6.63. The van der Waals surface area contributed by atoms with E-state index in [0.717, 1.165) is 0 Å². The lowest BCUT2D eigenvalue weighted by Crippen LogP contribution is -2.41. The Kier molecular flexibility index (Phi) is 3.11. The third kappa shape index (κ3) is 2.33. The van der Waals surface area contributed by atoms with Crippen molar-refractivity contribution >= 4 is 24.2 Å². The molecule has 1 aromatic carbocycles. The quantitative estimate of drug-likeness (QED) is 0.605. The minimum Gasteiger partial charge on any atom is -0.399 e. The van der Waals surface area contributed by atoms with Crippen molar-refractivity contribution in [3.63, 3.8) is 0 Å². The highest BCUT2D eigenvalue weighted by Gasteiger charge is 2.52. The number of hydrogen-bond acceptors (Lipinski definition) is 4. The van der Waals surface area contributed by atoms with Crippen molar-refractivity contribution in [3.8, 4) is 0 Å². The molecule has 0 aliphatic carbocycles. The first-order valence-electron chi connectivity index (χ1n) is 6.19. The minimum atomic E-state index is -0.535. The van der Waals surface area contributed by atoms with Crippen LogP contribution in [-0.2, 0) is 9.31 Å². The van der Waals surface area contributed by atoms with Crippen LogP contribution in [0.2, 0.25) is 0 Å². The van der Waals surface area contributed by atoms with Gasteiger partial charge < -0.3 is 20.8 Å². The maximum absolute atomic E-state index is 11.1. The summed E-state index contributed by atoms with van der Waals surface area (Å²) in [6.07, 6.45) is 0. The van der Waals surface area contributed by atoms with Gasteiger partial charge in [-0.25, -0.2) is 0 Å². The summed E-state index contributed by atoms with van der Waals surface area (Å²) in [6, 6.07) is 4.89. The van der Waals surface area contributed by atoms with Crippen molar-refractivity contribution < 1.29 is 14.1 Å². The van der Waals surface area contributed by atoms with Gasteiger partial charge in [0.25, 0.3) is 0 Å². The molecule has 1 saturated heterocycles. The first kappa shape index (κ1) is 13.9. The maximum Gasteiger partial charge on any atom is 0.496 e. The zero-order chi connectivity index (χ0) is 14.4. The summed E-state index contributed by atoms with van der Waals surface area (Å²) >= 11 is 0. The smallest absolute Gasteiger partial charge is 0.399 e. The Morgan fingerprint density at radius 1 is 1.16 bits per heavy atom. The number of benzene rings is 1. The third-order valence-electron chi connectivity index (χ3n) is 3.88. The van der Waals surface area contributed by atoms with Gasteiger partial charge in [-0.2, -0.15) is 0 Å². The van der Waals surface area contributed by atoms with Crippen LogP contribution < -0.4 is 16.9 Å². The molecule has 1 fully saturated rings. The predicted molar refractivity (Wildman–Crippen MR) is 75.1 cm³/mol. The largest absolute Gasteiger partial charge is 0.496 e. The molecule has 1 heterocycles. The fraction of sp³-hybridized carbons (Fsp3) is 0.462. The van der Waals surface area contributed by atoms with E-state index in [4.69, 9.17) is 20.8 Å². The second kappa shape index (κ2) is 4.25. The van der Waals surface area contributed by atoms with Crippen LogP contribution >= 0.6 is 0 Å². The molecule has 1 aromatic rings. The van der Waals surface area contributed by atoms with E-state index in [2.05, 4.69) is 0 Å². The molecule has 0 bridgehead atoms. The van der Waals surface area contributed by atoms with Gasteiger partial charge in [-0.15, -0.1) is 0 Å². The number of nitrogen functional groups attached to an aromatic ring is 1. The lowest BCUT2D eigenvalue weighted by Gasteiger charge is -2.32. The summed E-state index contributed by atoms with van der Waals surface area (Å²) in [4.78, 5) is 11.1. The molecule has 5 nitrogen and oxygen atoms in total. The van der Waals surface area contributed by atoms with E-state index in [1.165, 1.54) is 0 Å². The summed E-state index contributed by atoms with van der Waals surface area (Å²) in [5, 5.41) is 0. The molecule has 6 heteroatoms. The Hall–Kier alpha value is -1.53. The van der Waals surface area contributed by atoms with E-state index in [-0.39, 0.29) is 0 Å². The van der Waals surface area contributed by atoms with Crippen LogP contribution in [-0.4, -0.2) is 24.2 Å². The van der Waals surface area contributed by atoms with E-state index in [1.54, 1.807) is 18.2 Å². The number of anilines is 1. The predicted octanol–water partition coefficient (Wildman–Crippen LogP) is 0.667. The number of primary amides is 1. The monoisotopic (exact) mass is 262 g/mol. The first-order chi connectivity index (χ1) is 8.64. The van der Waals surface area contributed by atoms with Crippen LogP contribution in [0, 0.1) is 0 Å². The fourth-order valence-electron chi connectivity index (χ4n) is 1.91. The molecule has 4 N–H and O–H groups in total. The molecule has 0 aromatic heterocycles. The van der Waals surface area contributed by atoms with Gasteiger partial charge >= 0.3 is 7.12 Å². The van der Waals surface area contributed by atoms with Crippen molar-refractivity contribution in [2.75, 3.05) is 5.73 Å². The molecule has 0 saturated carbocycles. The standard InChI is InChI=1S/C13H19BN2O3/c1-12(2)13(3,4)19-14(18-12)9-6-5-8(11(16)17)7-10(9)15/h5-7H,15H2,1-4H3,(H2,16,17). The topological polar surface area (TPSA) is 87.6 Å². The Bertz CT molecular complexity index is 513. The van der Waals surface area contributed by atoms with E-state index < -0.39 is 24.2 Å². The Labute approximate surface area is 113 Å². The van der Waals surface area contributed by atoms with E-state index in [9.17, 15) is 4.79 Å². The number of carbonyl (C=O) groups is 1. The summed E-state index contributed by atoms with van der Waals surface area (Å²) in [5.74, 6) is -0.507. The van der Waals surface area contributed by atoms with Crippen molar-refractivity contribution in [2.45, 2.75) is 38.9 Å². The number of carbonyl (C=O) groups excluding carboxylic acids is 1. The van der Waals surface area contributed by atoms with E-state index in [1.807, 2.05) is 27.7 Å². The van der Waals surface area contributed by atoms with Crippen LogP contribution in [0.25, 0.3) is 0 Å². The lowest BCUT2D eigenvalue weighted by molar-refractivity contribution is 0.00578. The molecule has 102 valence electrons.